The van der Waals surface area contributed by atoms with Gasteiger partial charge in [0, 0.05) is 18.3 Å². The van der Waals surface area contributed by atoms with Gasteiger partial charge in [-0.15, -0.1) is 0 Å². The zero-order valence-electron chi connectivity index (χ0n) is 10.9. The third-order valence-corrected chi connectivity index (χ3v) is 2.81. The molecule has 0 aromatic heterocycles. The summed E-state index contributed by atoms with van der Waals surface area (Å²) < 4.78 is 23.5. The molecule has 0 aliphatic carbocycles. The number of halogens is 1. The van der Waals surface area contributed by atoms with Crippen molar-refractivity contribution in [3.63, 3.8) is 0 Å². The van der Waals surface area contributed by atoms with Crippen molar-refractivity contribution in [2.75, 3.05) is 19.5 Å². The summed E-state index contributed by atoms with van der Waals surface area (Å²) in [6, 6.07) is 12.5. The van der Waals surface area contributed by atoms with Crippen LogP contribution < -0.4 is 14.8 Å². The molecule has 3 nitrogen and oxygen atoms in total. The van der Waals surface area contributed by atoms with E-state index in [1.165, 1.54) is 13.2 Å². The Labute approximate surface area is 112 Å². The first-order valence-electron chi connectivity index (χ1n) is 5.93. The van der Waals surface area contributed by atoms with Crippen molar-refractivity contribution in [2.24, 2.45) is 0 Å². The monoisotopic (exact) mass is 261 g/mol. The lowest BCUT2D eigenvalue weighted by Crippen LogP contribution is -2.00. The fourth-order valence-electron chi connectivity index (χ4n) is 1.72. The minimum atomic E-state index is -0.373. The van der Waals surface area contributed by atoms with Crippen LogP contribution in [-0.4, -0.2) is 14.2 Å². The first kappa shape index (κ1) is 13.2. The van der Waals surface area contributed by atoms with Gasteiger partial charge in [-0.3, -0.25) is 0 Å². The number of methoxy groups -OCH3 is 2. The Kier molecular flexibility index (Phi) is 4.23. The number of rotatable bonds is 5. The van der Waals surface area contributed by atoms with Crippen molar-refractivity contribution >= 4 is 5.69 Å². The summed E-state index contributed by atoms with van der Waals surface area (Å²) in [5.74, 6) is 0.691. The van der Waals surface area contributed by atoms with E-state index >= 15 is 0 Å². The van der Waals surface area contributed by atoms with Gasteiger partial charge in [0.25, 0.3) is 0 Å². The van der Waals surface area contributed by atoms with Gasteiger partial charge in [0.05, 0.1) is 14.2 Å². The van der Waals surface area contributed by atoms with Crippen LogP contribution in [0.1, 0.15) is 5.56 Å². The van der Waals surface area contributed by atoms with E-state index in [1.807, 2.05) is 24.3 Å². The molecule has 0 spiro atoms. The second-order valence-electron chi connectivity index (χ2n) is 4.05. The summed E-state index contributed by atoms with van der Waals surface area (Å²) in [5, 5.41) is 3.15. The Morgan fingerprint density at radius 1 is 1.00 bits per heavy atom. The normalized spacial score (nSPS) is 10.1. The van der Waals surface area contributed by atoms with Gasteiger partial charge in [0.1, 0.15) is 5.75 Å². The molecule has 0 radical (unpaired) electrons. The molecule has 2 aromatic rings. The van der Waals surface area contributed by atoms with Crippen molar-refractivity contribution in [1.29, 1.82) is 0 Å². The molecule has 0 aliphatic heterocycles. The van der Waals surface area contributed by atoms with Gasteiger partial charge in [-0.25, -0.2) is 4.39 Å². The minimum absolute atomic E-state index is 0.245. The number of benzene rings is 2. The molecule has 19 heavy (non-hydrogen) atoms. The van der Waals surface area contributed by atoms with Crippen LogP contribution in [0.25, 0.3) is 0 Å². The van der Waals surface area contributed by atoms with E-state index in [1.54, 1.807) is 19.2 Å². The Balaban J connectivity index is 1.99. The highest BCUT2D eigenvalue weighted by atomic mass is 19.1. The Bertz CT molecular complexity index is 540. The minimum Gasteiger partial charge on any atom is -0.497 e. The maximum atomic E-state index is 13.5. The molecule has 0 unspecified atom stereocenters. The Morgan fingerprint density at radius 2 is 1.74 bits per heavy atom. The molecule has 0 fully saturated rings. The molecule has 2 rings (SSSR count). The highest BCUT2D eigenvalue weighted by molar-refractivity contribution is 5.47. The van der Waals surface area contributed by atoms with Gasteiger partial charge in [-0.1, -0.05) is 12.1 Å². The lowest BCUT2D eigenvalue weighted by Gasteiger charge is -2.09. The zero-order valence-corrected chi connectivity index (χ0v) is 10.9. The number of hydrogen-bond donors (Lipinski definition) is 1. The average Bonchev–Trinajstić information content (AvgIpc) is 2.46. The first-order chi connectivity index (χ1) is 9.22. The van der Waals surface area contributed by atoms with Crippen LogP contribution >= 0.6 is 0 Å². The van der Waals surface area contributed by atoms with Crippen LogP contribution in [-0.2, 0) is 6.54 Å². The van der Waals surface area contributed by atoms with E-state index in [2.05, 4.69) is 5.32 Å². The van der Waals surface area contributed by atoms with Crippen LogP contribution in [0, 0.1) is 5.82 Å². The van der Waals surface area contributed by atoms with Gasteiger partial charge < -0.3 is 14.8 Å². The second-order valence-corrected chi connectivity index (χ2v) is 4.05. The summed E-state index contributed by atoms with van der Waals surface area (Å²) in [7, 11) is 3.08. The molecule has 100 valence electrons. The van der Waals surface area contributed by atoms with Crippen molar-refractivity contribution < 1.29 is 13.9 Å². The van der Waals surface area contributed by atoms with Gasteiger partial charge in [0.15, 0.2) is 11.6 Å². The third kappa shape index (κ3) is 3.37. The SMILES string of the molecule is COc1ccc(CNc2ccc(OC)c(F)c2)cc1. The molecular formula is C15H16FNO2. The molecule has 0 saturated carbocycles. The summed E-state index contributed by atoms with van der Waals surface area (Å²) in [5.41, 5.74) is 1.81. The molecule has 0 amide bonds. The molecule has 0 atom stereocenters. The highest BCUT2D eigenvalue weighted by Crippen LogP contribution is 2.21. The maximum Gasteiger partial charge on any atom is 0.167 e. The predicted molar refractivity (Wildman–Crippen MR) is 73.3 cm³/mol. The van der Waals surface area contributed by atoms with Crippen LogP contribution in [0.5, 0.6) is 11.5 Å². The summed E-state index contributed by atoms with van der Waals surface area (Å²) in [6.07, 6.45) is 0. The summed E-state index contributed by atoms with van der Waals surface area (Å²) in [4.78, 5) is 0. The lowest BCUT2D eigenvalue weighted by atomic mass is 10.2. The molecule has 0 aliphatic rings. The molecule has 0 saturated heterocycles. The van der Waals surface area contributed by atoms with E-state index in [-0.39, 0.29) is 11.6 Å². The smallest absolute Gasteiger partial charge is 0.167 e. The second kappa shape index (κ2) is 6.09. The topological polar surface area (TPSA) is 30.5 Å². The van der Waals surface area contributed by atoms with Crippen LogP contribution in [0.2, 0.25) is 0 Å². The predicted octanol–water partition coefficient (Wildman–Crippen LogP) is 3.46. The van der Waals surface area contributed by atoms with Crippen LogP contribution in [0.15, 0.2) is 42.5 Å². The number of hydrogen-bond acceptors (Lipinski definition) is 3. The fraction of sp³-hybridized carbons (Fsp3) is 0.200. The lowest BCUT2D eigenvalue weighted by molar-refractivity contribution is 0.386. The van der Waals surface area contributed by atoms with E-state index in [0.717, 1.165) is 11.3 Å². The van der Waals surface area contributed by atoms with Gasteiger partial charge in [-0.2, -0.15) is 0 Å². The van der Waals surface area contributed by atoms with Gasteiger partial charge >= 0.3 is 0 Å². The van der Waals surface area contributed by atoms with E-state index in [0.29, 0.717) is 12.2 Å². The molecular weight excluding hydrogens is 245 g/mol. The van der Waals surface area contributed by atoms with Crippen LogP contribution in [0.4, 0.5) is 10.1 Å². The number of anilines is 1. The van der Waals surface area contributed by atoms with E-state index in [4.69, 9.17) is 9.47 Å². The molecule has 1 N–H and O–H groups in total. The zero-order chi connectivity index (χ0) is 13.7. The number of ether oxygens (including phenoxy) is 2. The van der Waals surface area contributed by atoms with Crippen molar-refractivity contribution in [3.8, 4) is 11.5 Å². The van der Waals surface area contributed by atoms with Crippen LogP contribution in [0.3, 0.4) is 0 Å². The number of nitrogens with one attached hydrogen (secondary N) is 1. The average molecular weight is 261 g/mol. The standard InChI is InChI=1S/C15H16FNO2/c1-18-13-6-3-11(4-7-13)10-17-12-5-8-15(19-2)14(16)9-12/h3-9,17H,10H2,1-2H3. The molecule has 4 heteroatoms. The summed E-state index contributed by atoms with van der Waals surface area (Å²) in [6.45, 7) is 0.621. The Morgan fingerprint density at radius 3 is 2.32 bits per heavy atom. The first-order valence-corrected chi connectivity index (χ1v) is 5.93. The molecule has 2 aromatic carbocycles. The third-order valence-electron chi connectivity index (χ3n) is 2.81. The van der Waals surface area contributed by atoms with E-state index in [9.17, 15) is 4.39 Å². The molecule has 0 heterocycles. The maximum absolute atomic E-state index is 13.5. The highest BCUT2D eigenvalue weighted by Gasteiger charge is 2.03. The van der Waals surface area contributed by atoms with E-state index < -0.39 is 0 Å². The Hall–Kier alpha value is -2.23. The van der Waals surface area contributed by atoms with Gasteiger partial charge in [0.2, 0.25) is 0 Å². The van der Waals surface area contributed by atoms with Crippen molar-refractivity contribution in [2.45, 2.75) is 6.54 Å². The quantitative estimate of drug-likeness (QED) is 0.894. The van der Waals surface area contributed by atoms with Gasteiger partial charge in [-0.05, 0) is 29.8 Å². The van der Waals surface area contributed by atoms with Crippen molar-refractivity contribution in [3.05, 3.63) is 53.8 Å². The summed E-state index contributed by atoms with van der Waals surface area (Å²) >= 11 is 0. The fourth-order valence-corrected chi connectivity index (χ4v) is 1.72. The van der Waals surface area contributed by atoms with Crippen molar-refractivity contribution in [1.82, 2.24) is 0 Å². The largest absolute Gasteiger partial charge is 0.497 e. The molecule has 0 bridgehead atoms.